The van der Waals surface area contributed by atoms with Crippen LogP contribution in [0.4, 0.5) is 4.79 Å². The number of aryl methyl sites for hydroxylation is 1. The van der Waals surface area contributed by atoms with Gasteiger partial charge < -0.3 is 5.32 Å². The van der Waals surface area contributed by atoms with Crippen molar-refractivity contribution in [2.24, 2.45) is 0 Å². The van der Waals surface area contributed by atoms with Crippen LogP contribution in [0.3, 0.4) is 0 Å². The minimum absolute atomic E-state index is 0.207. The normalized spacial score (nSPS) is 23.3. The van der Waals surface area contributed by atoms with Crippen molar-refractivity contribution in [1.29, 1.82) is 0 Å². The fourth-order valence-corrected chi connectivity index (χ4v) is 4.84. The van der Waals surface area contributed by atoms with Gasteiger partial charge in [0.15, 0.2) is 0 Å². The van der Waals surface area contributed by atoms with Crippen molar-refractivity contribution in [3.63, 3.8) is 0 Å². The zero-order valence-electron chi connectivity index (χ0n) is 17.3. The summed E-state index contributed by atoms with van der Waals surface area (Å²) in [6.45, 7) is 2.06. The van der Waals surface area contributed by atoms with Crippen LogP contribution < -0.4 is 5.32 Å². The number of carbonyl (C=O) groups excluding carboxylic acids is 2. The van der Waals surface area contributed by atoms with Crippen LogP contribution >= 0.6 is 0 Å². The Hall–Kier alpha value is -3.18. The van der Waals surface area contributed by atoms with Gasteiger partial charge in [-0.1, -0.05) is 60.7 Å². The zero-order chi connectivity index (χ0) is 20.9. The summed E-state index contributed by atoms with van der Waals surface area (Å²) in [5.74, 6) is -0.207. The van der Waals surface area contributed by atoms with E-state index in [2.05, 4.69) is 34.5 Å². The van der Waals surface area contributed by atoms with Gasteiger partial charge >= 0.3 is 6.03 Å². The molecule has 0 saturated carbocycles. The quantitative estimate of drug-likeness (QED) is 0.670. The summed E-state index contributed by atoms with van der Waals surface area (Å²) < 4.78 is 0. The van der Waals surface area contributed by atoms with Crippen molar-refractivity contribution < 1.29 is 9.59 Å². The van der Waals surface area contributed by atoms with Gasteiger partial charge in [0.25, 0.3) is 5.91 Å². The molecule has 152 valence electrons. The number of hydrogen-bond donors (Lipinski definition) is 1. The number of nitrogens with one attached hydrogen (secondary N) is 1. The number of carbonyl (C=O) groups is 2. The molecule has 1 aliphatic heterocycles. The average Bonchev–Trinajstić information content (AvgIpc) is 3.28. The highest BCUT2D eigenvalue weighted by Crippen LogP contribution is 2.36. The molecular weight excluding hydrogens is 374 g/mol. The van der Waals surface area contributed by atoms with Crippen molar-refractivity contribution in [3.05, 3.63) is 83.4 Å². The molecule has 5 heteroatoms. The van der Waals surface area contributed by atoms with Gasteiger partial charge in [-0.25, -0.2) is 9.69 Å². The smallest absolute Gasteiger partial charge is 0.319 e. The second-order valence-corrected chi connectivity index (χ2v) is 8.50. The summed E-state index contributed by atoms with van der Waals surface area (Å²) in [7, 11) is 1.99. The van der Waals surface area contributed by atoms with E-state index in [1.807, 2.05) is 49.5 Å². The molecule has 1 saturated heterocycles. The molecule has 0 spiro atoms. The van der Waals surface area contributed by atoms with Crippen LogP contribution in [0.5, 0.6) is 0 Å². The van der Waals surface area contributed by atoms with Gasteiger partial charge in [-0.15, -0.1) is 0 Å². The lowest BCUT2D eigenvalue weighted by Gasteiger charge is -2.29. The van der Waals surface area contributed by atoms with E-state index < -0.39 is 5.54 Å². The van der Waals surface area contributed by atoms with Crippen LogP contribution in [-0.2, 0) is 16.8 Å². The van der Waals surface area contributed by atoms with Crippen LogP contribution in [0.2, 0.25) is 0 Å². The van der Waals surface area contributed by atoms with Gasteiger partial charge in [0.2, 0.25) is 0 Å². The predicted molar refractivity (Wildman–Crippen MR) is 117 cm³/mol. The molecule has 1 heterocycles. The number of amides is 3. The van der Waals surface area contributed by atoms with Crippen LogP contribution in [0.15, 0.2) is 66.7 Å². The molecule has 3 amide bonds. The summed E-state index contributed by atoms with van der Waals surface area (Å²) in [4.78, 5) is 29.6. The van der Waals surface area contributed by atoms with E-state index in [1.165, 1.54) is 16.0 Å². The second kappa shape index (κ2) is 6.96. The third-order valence-corrected chi connectivity index (χ3v) is 6.60. The highest BCUT2D eigenvalue weighted by molar-refractivity contribution is 6.07. The number of nitrogens with zero attached hydrogens (tertiary/aromatic N) is 2. The molecule has 3 aromatic carbocycles. The van der Waals surface area contributed by atoms with Gasteiger partial charge in [0.05, 0.1) is 6.67 Å². The maximum absolute atomic E-state index is 13.4. The van der Waals surface area contributed by atoms with Gasteiger partial charge in [-0.05, 0) is 60.3 Å². The van der Waals surface area contributed by atoms with E-state index >= 15 is 0 Å². The number of rotatable bonds is 4. The van der Waals surface area contributed by atoms with E-state index in [0.717, 1.165) is 29.2 Å². The Kier molecular flexibility index (Phi) is 4.36. The maximum atomic E-state index is 13.4. The molecule has 3 aromatic rings. The van der Waals surface area contributed by atoms with Crippen LogP contribution in [0.1, 0.15) is 36.1 Å². The van der Waals surface area contributed by atoms with E-state index in [0.29, 0.717) is 0 Å². The van der Waals surface area contributed by atoms with E-state index in [4.69, 9.17) is 0 Å². The Balaban J connectivity index is 1.40. The van der Waals surface area contributed by atoms with Crippen molar-refractivity contribution >= 4 is 22.7 Å². The molecule has 5 nitrogen and oxygen atoms in total. The molecule has 2 atom stereocenters. The van der Waals surface area contributed by atoms with E-state index in [-0.39, 0.29) is 24.6 Å². The summed E-state index contributed by atoms with van der Waals surface area (Å²) in [6, 6.07) is 22.3. The summed E-state index contributed by atoms with van der Waals surface area (Å²) in [6.07, 6.45) is 2.03. The fourth-order valence-electron chi connectivity index (χ4n) is 4.84. The molecule has 1 fully saturated rings. The van der Waals surface area contributed by atoms with Crippen LogP contribution in [-0.4, -0.2) is 35.5 Å². The average molecular weight is 399 g/mol. The lowest BCUT2D eigenvalue weighted by Crippen LogP contribution is -2.43. The lowest BCUT2D eigenvalue weighted by atomic mass is 9.90. The standard InChI is InChI=1S/C25H25N3O2/c1-25(20-13-11-17-7-3-4-9-19(17)15-20)23(29)28(24(30)26-25)16-27(2)22-14-12-18-8-5-6-10-21(18)22/h3-11,13,15,22H,12,14,16H2,1-2H3,(H,26,30). The largest absolute Gasteiger partial charge is 0.326 e. The summed E-state index contributed by atoms with van der Waals surface area (Å²) in [5, 5.41) is 5.10. The Morgan fingerprint density at radius 1 is 1.03 bits per heavy atom. The number of benzene rings is 3. The third kappa shape index (κ3) is 2.89. The van der Waals surface area contributed by atoms with Gasteiger partial charge in [0, 0.05) is 6.04 Å². The number of imide groups is 1. The van der Waals surface area contributed by atoms with Crippen molar-refractivity contribution in [1.82, 2.24) is 15.1 Å². The second-order valence-electron chi connectivity index (χ2n) is 8.50. The molecule has 5 rings (SSSR count). The Bertz CT molecular complexity index is 1160. The molecule has 2 aliphatic rings. The Morgan fingerprint density at radius 2 is 1.77 bits per heavy atom. The van der Waals surface area contributed by atoms with Crippen molar-refractivity contribution in [2.45, 2.75) is 31.3 Å². The third-order valence-electron chi connectivity index (χ3n) is 6.60. The highest BCUT2D eigenvalue weighted by Gasteiger charge is 2.49. The van der Waals surface area contributed by atoms with E-state index in [9.17, 15) is 9.59 Å². The summed E-state index contributed by atoms with van der Waals surface area (Å²) >= 11 is 0. The molecule has 2 unspecified atom stereocenters. The first-order valence-corrected chi connectivity index (χ1v) is 10.4. The number of urea groups is 1. The van der Waals surface area contributed by atoms with E-state index in [1.54, 1.807) is 6.92 Å². The lowest BCUT2D eigenvalue weighted by molar-refractivity contribution is -0.132. The molecule has 0 radical (unpaired) electrons. The number of fused-ring (bicyclic) bond motifs is 2. The molecule has 30 heavy (non-hydrogen) atoms. The molecule has 0 aromatic heterocycles. The molecular formula is C25H25N3O2. The monoisotopic (exact) mass is 399 g/mol. The SMILES string of the molecule is CN(CN1C(=O)NC(C)(c2ccc3ccccc3c2)C1=O)C1CCc2ccccc21. The first-order chi connectivity index (χ1) is 14.5. The maximum Gasteiger partial charge on any atom is 0.326 e. The van der Waals surface area contributed by atoms with Crippen molar-refractivity contribution in [3.8, 4) is 0 Å². The topological polar surface area (TPSA) is 52.6 Å². The molecule has 1 aliphatic carbocycles. The molecule has 1 N–H and O–H groups in total. The van der Waals surface area contributed by atoms with Gasteiger partial charge in [-0.2, -0.15) is 0 Å². The Labute approximate surface area is 176 Å². The highest BCUT2D eigenvalue weighted by atomic mass is 16.2. The minimum atomic E-state index is -1.06. The number of hydrogen-bond acceptors (Lipinski definition) is 3. The fraction of sp³-hybridized carbons (Fsp3) is 0.280. The van der Waals surface area contributed by atoms with Gasteiger partial charge in [0.1, 0.15) is 5.54 Å². The summed E-state index contributed by atoms with van der Waals surface area (Å²) in [5.41, 5.74) is 2.39. The first kappa shape index (κ1) is 18.8. The van der Waals surface area contributed by atoms with Crippen molar-refractivity contribution in [2.75, 3.05) is 13.7 Å². The van der Waals surface area contributed by atoms with Crippen LogP contribution in [0.25, 0.3) is 10.8 Å². The minimum Gasteiger partial charge on any atom is -0.319 e. The van der Waals surface area contributed by atoms with Crippen LogP contribution in [0, 0.1) is 0 Å². The molecule has 0 bridgehead atoms. The Morgan fingerprint density at radius 3 is 2.60 bits per heavy atom. The van der Waals surface area contributed by atoms with Gasteiger partial charge in [-0.3, -0.25) is 9.69 Å². The first-order valence-electron chi connectivity index (χ1n) is 10.4. The zero-order valence-corrected chi connectivity index (χ0v) is 17.3. The predicted octanol–water partition coefficient (Wildman–Crippen LogP) is 4.18.